The molecule has 1 N–H and O–H groups in total. The lowest BCUT2D eigenvalue weighted by atomic mass is 10.1. The molecule has 0 bridgehead atoms. The quantitative estimate of drug-likeness (QED) is 0.710. The van der Waals surface area contributed by atoms with Crippen molar-refractivity contribution in [1.29, 1.82) is 0 Å². The van der Waals surface area contributed by atoms with Crippen LogP contribution in [0.4, 0.5) is 5.82 Å². The summed E-state index contributed by atoms with van der Waals surface area (Å²) in [4.78, 5) is 2.22. The minimum absolute atomic E-state index is 0.295. The maximum atomic E-state index is 8.98. The average molecular weight is 181 g/mol. The molecule has 1 aromatic rings. The van der Waals surface area contributed by atoms with E-state index in [2.05, 4.69) is 10.00 Å². The van der Waals surface area contributed by atoms with Crippen molar-refractivity contribution in [3.05, 3.63) is 12.3 Å². The third-order valence-electron chi connectivity index (χ3n) is 2.57. The molecule has 0 aliphatic carbocycles. The molecule has 1 atom stereocenters. The SMILES string of the molecule is Cn1ccc(N2CCC(CO)C2)n1. The zero-order chi connectivity index (χ0) is 9.26. The van der Waals surface area contributed by atoms with Crippen molar-refractivity contribution in [2.24, 2.45) is 13.0 Å². The fourth-order valence-electron chi connectivity index (χ4n) is 1.76. The lowest BCUT2D eigenvalue weighted by molar-refractivity contribution is 0.238. The summed E-state index contributed by atoms with van der Waals surface area (Å²) in [6.07, 6.45) is 3.02. The Labute approximate surface area is 77.8 Å². The minimum Gasteiger partial charge on any atom is -0.396 e. The van der Waals surface area contributed by atoms with E-state index in [4.69, 9.17) is 5.11 Å². The van der Waals surface area contributed by atoms with Gasteiger partial charge < -0.3 is 10.0 Å². The first-order valence-corrected chi connectivity index (χ1v) is 4.65. The van der Waals surface area contributed by atoms with Crippen molar-refractivity contribution in [3.8, 4) is 0 Å². The van der Waals surface area contributed by atoms with Gasteiger partial charge in [-0.1, -0.05) is 0 Å². The van der Waals surface area contributed by atoms with E-state index in [1.54, 1.807) is 0 Å². The number of aryl methyl sites for hydroxylation is 1. The van der Waals surface area contributed by atoms with Gasteiger partial charge in [-0.25, -0.2) is 0 Å². The van der Waals surface area contributed by atoms with Gasteiger partial charge >= 0.3 is 0 Å². The number of nitrogens with zero attached hydrogens (tertiary/aromatic N) is 3. The summed E-state index contributed by atoms with van der Waals surface area (Å²) in [5.74, 6) is 1.46. The highest BCUT2D eigenvalue weighted by Crippen LogP contribution is 2.21. The molecule has 0 radical (unpaired) electrons. The first-order valence-electron chi connectivity index (χ1n) is 4.65. The van der Waals surface area contributed by atoms with E-state index in [0.717, 1.165) is 25.3 Å². The Bertz CT molecular complexity index is 284. The van der Waals surface area contributed by atoms with Crippen LogP contribution in [-0.4, -0.2) is 34.6 Å². The summed E-state index contributed by atoms with van der Waals surface area (Å²) in [6, 6.07) is 2.01. The van der Waals surface area contributed by atoms with E-state index in [-0.39, 0.29) is 0 Å². The molecule has 4 nitrogen and oxygen atoms in total. The third-order valence-corrected chi connectivity index (χ3v) is 2.57. The summed E-state index contributed by atoms with van der Waals surface area (Å²) in [5, 5.41) is 13.3. The van der Waals surface area contributed by atoms with E-state index in [1.165, 1.54) is 0 Å². The Morgan fingerprint density at radius 1 is 1.69 bits per heavy atom. The average Bonchev–Trinajstić information content (AvgIpc) is 2.71. The Hall–Kier alpha value is -1.03. The highest BCUT2D eigenvalue weighted by Gasteiger charge is 2.22. The normalized spacial score (nSPS) is 22.6. The van der Waals surface area contributed by atoms with Crippen LogP contribution in [-0.2, 0) is 7.05 Å². The summed E-state index contributed by atoms with van der Waals surface area (Å²) in [7, 11) is 1.92. The lowest BCUT2D eigenvalue weighted by Gasteiger charge is -2.14. The smallest absolute Gasteiger partial charge is 0.150 e. The largest absolute Gasteiger partial charge is 0.396 e. The van der Waals surface area contributed by atoms with Gasteiger partial charge in [0.15, 0.2) is 5.82 Å². The number of hydrogen-bond acceptors (Lipinski definition) is 3. The highest BCUT2D eigenvalue weighted by atomic mass is 16.3. The van der Waals surface area contributed by atoms with Crippen LogP contribution in [0.3, 0.4) is 0 Å². The second kappa shape index (κ2) is 3.38. The first-order chi connectivity index (χ1) is 6.29. The molecule has 1 aliphatic rings. The van der Waals surface area contributed by atoms with E-state index in [0.29, 0.717) is 12.5 Å². The van der Waals surface area contributed by atoms with E-state index in [1.807, 2.05) is 24.0 Å². The second-order valence-corrected chi connectivity index (χ2v) is 3.63. The molecule has 2 heterocycles. The summed E-state index contributed by atoms with van der Waals surface area (Å²) in [5.41, 5.74) is 0. The van der Waals surface area contributed by atoms with Gasteiger partial charge in [-0.2, -0.15) is 5.10 Å². The highest BCUT2D eigenvalue weighted by molar-refractivity contribution is 5.38. The lowest BCUT2D eigenvalue weighted by Crippen LogP contribution is -2.21. The Kier molecular flexibility index (Phi) is 2.22. The number of aromatic nitrogens is 2. The van der Waals surface area contributed by atoms with Gasteiger partial charge in [0, 0.05) is 44.9 Å². The molecule has 0 aromatic carbocycles. The van der Waals surface area contributed by atoms with Crippen molar-refractivity contribution in [1.82, 2.24) is 9.78 Å². The standard InChI is InChI=1S/C9H15N3O/c1-11-4-3-9(10-11)12-5-2-8(6-12)7-13/h3-4,8,13H,2,5-7H2,1H3. The molecule has 4 heteroatoms. The van der Waals surface area contributed by atoms with E-state index < -0.39 is 0 Å². The summed E-state index contributed by atoms with van der Waals surface area (Å²) < 4.78 is 1.81. The predicted molar refractivity (Wildman–Crippen MR) is 50.6 cm³/mol. The van der Waals surface area contributed by atoms with E-state index in [9.17, 15) is 0 Å². The monoisotopic (exact) mass is 181 g/mol. The molecule has 2 rings (SSSR count). The van der Waals surface area contributed by atoms with Gasteiger partial charge in [0.2, 0.25) is 0 Å². The number of hydrogen-bond donors (Lipinski definition) is 1. The van der Waals surface area contributed by atoms with Gasteiger partial charge in [0.05, 0.1) is 0 Å². The maximum absolute atomic E-state index is 8.98. The first kappa shape index (κ1) is 8.56. The van der Waals surface area contributed by atoms with Gasteiger partial charge in [0.1, 0.15) is 0 Å². The summed E-state index contributed by atoms with van der Waals surface area (Å²) in [6.45, 7) is 2.25. The van der Waals surface area contributed by atoms with Crippen molar-refractivity contribution in [2.75, 3.05) is 24.6 Å². The zero-order valence-electron chi connectivity index (χ0n) is 7.85. The van der Waals surface area contributed by atoms with Crippen molar-refractivity contribution < 1.29 is 5.11 Å². The Balaban J connectivity index is 2.03. The van der Waals surface area contributed by atoms with Crippen LogP contribution >= 0.6 is 0 Å². The molecular weight excluding hydrogens is 166 g/mol. The van der Waals surface area contributed by atoms with Crippen molar-refractivity contribution in [3.63, 3.8) is 0 Å². The third kappa shape index (κ3) is 1.67. The van der Waals surface area contributed by atoms with Crippen molar-refractivity contribution >= 4 is 5.82 Å². The van der Waals surface area contributed by atoms with Gasteiger partial charge in [-0.3, -0.25) is 4.68 Å². The van der Waals surface area contributed by atoms with Crippen LogP contribution in [0.2, 0.25) is 0 Å². The molecule has 1 saturated heterocycles. The molecule has 0 saturated carbocycles. The Morgan fingerprint density at radius 2 is 2.54 bits per heavy atom. The molecule has 1 aliphatic heterocycles. The molecule has 1 aromatic heterocycles. The maximum Gasteiger partial charge on any atom is 0.150 e. The number of aliphatic hydroxyl groups is 1. The fourth-order valence-corrected chi connectivity index (χ4v) is 1.76. The van der Waals surface area contributed by atoms with Crippen LogP contribution in [0.15, 0.2) is 12.3 Å². The molecule has 1 fully saturated rings. The van der Waals surface area contributed by atoms with Crippen LogP contribution in [0.25, 0.3) is 0 Å². The Morgan fingerprint density at radius 3 is 3.08 bits per heavy atom. The predicted octanol–water partition coefficient (Wildman–Crippen LogP) is 0.239. The molecule has 0 amide bonds. The zero-order valence-corrected chi connectivity index (χ0v) is 7.85. The molecule has 1 unspecified atom stereocenters. The van der Waals surface area contributed by atoms with Crippen LogP contribution in [0.5, 0.6) is 0 Å². The van der Waals surface area contributed by atoms with Crippen LogP contribution in [0.1, 0.15) is 6.42 Å². The molecule has 72 valence electrons. The van der Waals surface area contributed by atoms with E-state index >= 15 is 0 Å². The van der Waals surface area contributed by atoms with Crippen LogP contribution in [0, 0.1) is 5.92 Å². The molecular formula is C9H15N3O. The summed E-state index contributed by atoms with van der Waals surface area (Å²) >= 11 is 0. The van der Waals surface area contributed by atoms with Gasteiger partial charge in [0.25, 0.3) is 0 Å². The molecule has 0 spiro atoms. The number of aliphatic hydroxyl groups excluding tert-OH is 1. The minimum atomic E-state index is 0.295. The number of anilines is 1. The van der Waals surface area contributed by atoms with Crippen LogP contribution < -0.4 is 4.90 Å². The molecule has 13 heavy (non-hydrogen) atoms. The van der Waals surface area contributed by atoms with Crippen molar-refractivity contribution in [2.45, 2.75) is 6.42 Å². The van der Waals surface area contributed by atoms with Gasteiger partial charge in [-0.15, -0.1) is 0 Å². The van der Waals surface area contributed by atoms with Gasteiger partial charge in [-0.05, 0) is 6.42 Å². The fraction of sp³-hybridized carbons (Fsp3) is 0.667. The second-order valence-electron chi connectivity index (χ2n) is 3.63. The topological polar surface area (TPSA) is 41.3 Å². The number of rotatable bonds is 2.